The van der Waals surface area contributed by atoms with E-state index in [1.54, 1.807) is 0 Å². The fraction of sp³-hybridized carbons (Fsp3) is 1.00. The molecule has 0 amide bonds. The molecule has 0 radical (unpaired) electrons. The molecule has 0 unspecified atom stereocenters. The van der Waals surface area contributed by atoms with E-state index in [9.17, 15) is 0 Å². The Kier molecular flexibility index (Phi) is 5.93. The van der Waals surface area contributed by atoms with E-state index in [2.05, 4.69) is 20.8 Å². The van der Waals surface area contributed by atoms with E-state index in [0.717, 1.165) is 31.3 Å². The van der Waals surface area contributed by atoms with Crippen molar-refractivity contribution in [3.63, 3.8) is 0 Å². The largest absolute Gasteiger partial charge is 0.394 e. The van der Waals surface area contributed by atoms with Crippen LogP contribution in [0, 0.1) is 5.41 Å². The number of hydrogen-bond acceptors (Lipinski definition) is 3. The molecule has 1 N–H and O–H groups in total. The lowest BCUT2D eigenvalue weighted by Crippen LogP contribution is -2.43. The third-order valence-electron chi connectivity index (χ3n) is 4.49. The lowest BCUT2D eigenvalue weighted by molar-refractivity contribution is -0.0133. The molecule has 3 nitrogen and oxygen atoms in total. The van der Waals surface area contributed by atoms with Crippen LogP contribution in [0.25, 0.3) is 0 Å². The summed E-state index contributed by atoms with van der Waals surface area (Å²) in [5.74, 6) is 0. The molecule has 1 saturated carbocycles. The van der Waals surface area contributed by atoms with Gasteiger partial charge in [-0.25, -0.2) is 0 Å². The van der Waals surface area contributed by atoms with Gasteiger partial charge in [0.2, 0.25) is 0 Å². The van der Waals surface area contributed by atoms with Crippen LogP contribution >= 0.6 is 15.9 Å². The number of hydrogen-bond donors (Lipinski definition) is 1. The van der Waals surface area contributed by atoms with Crippen LogP contribution in [-0.4, -0.2) is 54.3 Å². The van der Waals surface area contributed by atoms with Crippen LogP contribution in [0.5, 0.6) is 0 Å². The molecule has 106 valence electrons. The molecule has 2 aliphatic rings. The fourth-order valence-electron chi connectivity index (χ4n) is 3.39. The first-order valence-electron chi connectivity index (χ1n) is 7.29. The number of halogens is 1. The zero-order valence-corrected chi connectivity index (χ0v) is 12.8. The van der Waals surface area contributed by atoms with Crippen LogP contribution < -0.4 is 0 Å². The van der Waals surface area contributed by atoms with Crippen molar-refractivity contribution < 1.29 is 9.84 Å². The minimum absolute atomic E-state index is 0.146. The normalized spacial score (nSPS) is 25.7. The van der Waals surface area contributed by atoms with Crippen LogP contribution in [0.3, 0.4) is 0 Å². The molecule has 0 bridgehead atoms. The van der Waals surface area contributed by atoms with Gasteiger partial charge in [-0.3, -0.25) is 0 Å². The summed E-state index contributed by atoms with van der Waals surface area (Å²) in [6, 6.07) is 0. The summed E-state index contributed by atoms with van der Waals surface area (Å²) in [7, 11) is 0. The molecule has 18 heavy (non-hydrogen) atoms. The molecule has 2 rings (SSSR count). The number of piperidine rings is 1. The Labute approximate surface area is 119 Å². The molecule has 1 aliphatic carbocycles. The van der Waals surface area contributed by atoms with E-state index in [1.807, 2.05) is 0 Å². The minimum Gasteiger partial charge on any atom is -0.394 e. The number of rotatable bonds is 6. The SMILES string of the molecule is OCCOC1CCN(CC2(CBr)CCCC2)CC1. The summed E-state index contributed by atoms with van der Waals surface area (Å²) in [6.07, 6.45) is 8.20. The van der Waals surface area contributed by atoms with E-state index in [0.29, 0.717) is 18.1 Å². The number of aliphatic hydroxyl groups is 1. The first kappa shape index (κ1) is 14.8. The highest BCUT2D eigenvalue weighted by Gasteiger charge is 2.35. The lowest BCUT2D eigenvalue weighted by atomic mass is 9.87. The molecular formula is C14H26BrNO2. The molecule has 2 fully saturated rings. The minimum atomic E-state index is 0.146. The Morgan fingerprint density at radius 1 is 1.22 bits per heavy atom. The van der Waals surface area contributed by atoms with Gasteiger partial charge in [0.25, 0.3) is 0 Å². The molecule has 0 aromatic heterocycles. The maximum absolute atomic E-state index is 8.76. The first-order chi connectivity index (χ1) is 8.78. The summed E-state index contributed by atoms with van der Waals surface area (Å²) in [6.45, 7) is 4.21. The number of likely N-dealkylation sites (tertiary alicyclic amines) is 1. The van der Waals surface area contributed by atoms with Gasteiger partial charge in [-0.15, -0.1) is 0 Å². The highest BCUT2D eigenvalue weighted by molar-refractivity contribution is 9.09. The summed E-state index contributed by atoms with van der Waals surface area (Å²) in [5, 5.41) is 9.92. The molecular weight excluding hydrogens is 294 g/mol. The van der Waals surface area contributed by atoms with Gasteiger partial charge >= 0.3 is 0 Å². The highest BCUT2D eigenvalue weighted by atomic mass is 79.9. The van der Waals surface area contributed by atoms with Crippen LogP contribution in [0.15, 0.2) is 0 Å². The second-order valence-electron chi connectivity index (χ2n) is 5.91. The van der Waals surface area contributed by atoms with Gasteiger partial charge in [-0.1, -0.05) is 28.8 Å². The molecule has 1 aliphatic heterocycles. The predicted molar refractivity (Wildman–Crippen MR) is 77.2 cm³/mol. The van der Waals surface area contributed by atoms with Crippen molar-refractivity contribution in [2.75, 3.05) is 38.2 Å². The second kappa shape index (κ2) is 7.22. The topological polar surface area (TPSA) is 32.7 Å². The van der Waals surface area contributed by atoms with Crippen LogP contribution in [-0.2, 0) is 4.74 Å². The molecule has 0 aromatic rings. The maximum Gasteiger partial charge on any atom is 0.0701 e. The van der Waals surface area contributed by atoms with Gasteiger partial charge in [0.15, 0.2) is 0 Å². The average Bonchev–Trinajstić information content (AvgIpc) is 2.87. The van der Waals surface area contributed by atoms with Crippen molar-refractivity contribution in [3.05, 3.63) is 0 Å². The number of nitrogens with zero attached hydrogens (tertiary/aromatic N) is 1. The monoisotopic (exact) mass is 319 g/mol. The van der Waals surface area contributed by atoms with Crippen molar-refractivity contribution in [2.24, 2.45) is 5.41 Å². The Bertz CT molecular complexity index is 236. The average molecular weight is 320 g/mol. The number of aliphatic hydroxyl groups excluding tert-OH is 1. The van der Waals surface area contributed by atoms with Crippen molar-refractivity contribution in [1.29, 1.82) is 0 Å². The van der Waals surface area contributed by atoms with Crippen molar-refractivity contribution in [3.8, 4) is 0 Å². The molecule has 0 aromatic carbocycles. The van der Waals surface area contributed by atoms with Gasteiger partial charge in [-0.05, 0) is 31.1 Å². The van der Waals surface area contributed by atoms with Crippen molar-refractivity contribution in [2.45, 2.75) is 44.6 Å². The second-order valence-corrected chi connectivity index (χ2v) is 6.47. The Morgan fingerprint density at radius 3 is 2.44 bits per heavy atom. The van der Waals surface area contributed by atoms with E-state index in [-0.39, 0.29) is 6.61 Å². The predicted octanol–water partition coefficient (Wildman–Crippen LogP) is 2.42. The van der Waals surface area contributed by atoms with E-state index in [1.165, 1.54) is 32.2 Å². The lowest BCUT2D eigenvalue weighted by Gasteiger charge is -2.38. The van der Waals surface area contributed by atoms with E-state index < -0.39 is 0 Å². The molecule has 0 atom stereocenters. The Hall–Kier alpha value is 0.360. The van der Waals surface area contributed by atoms with Crippen molar-refractivity contribution >= 4 is 15.9 Å². The molecule has 1 heterocycles. The van der Waals surface area contributed by atoms with E-state index >= 15 is 0 Å². The first-order valence-corrected chi connectivity index (χ1v) is 8.41. The molecule has 4 heteroatoms. The summed E-state index contributed by atoms with van der Waals surface area (Å²) in [4.78, 5) is 2.62. The van der Waals surface area contributed by atoms with Gasteiger partial charge in [0, 0.05) is 25.0 Å². The van der Waals surface area contributed by atoms with Crippen LogP contribution in [0.1, 0.15) is 38.5 Å². The fourth-order valence-corrected chi connectivity index (χ4v) is 4.12. The summed E-state index contributed by atoms with van der Waals surface area (Å²) < 4.78 is 5.62. The van der Waals surface area contributed by atoms with Gasteiger partial charge in [0.1, 0.15) is 0 Å². The molecule has 0 spiro atoms. The maximum atomic E-state index is 8.76. The quantitative estimate of drug-likeness (QED) is 0.763. The number of alkyl halides is 1. The molecule has 1 saturated heterocycles. The van der Waals surface area contributed by atoms with Gasteiger partial charge in [0.05, 0.1) is 19.3 Å². The number of ether oxygens (including phenoxy) is 1. The highest BCUT2D eigenvalue weighted by Crippen LogP contribution is 2.40. The zero-order chi connectivity index (χ0) is 12.8. The van der Waals surface area contributed by atoms with Crippen molar-refractivity contribution in [1.82, 2.24) is 4.90 Å². The van der Waals surface area contributed by atoms with E-state index in [4.69, 9.17) is 9.84 Å². The standard InChI is InChI=1S/C14H26BrNO2/c15-11-14(5-1-2-6-14)12-16-7-3-13(4-8-16)18-10-9-17/h13,17H,1-12H2. The van der Waals surface area contributed by atoms with Gasteiger partial charge < -0.3 is 14.7 Å². The summed E-state index contributed by atoms with van der Waals surface area (Å²) in [5.41, 5.74) is 0.540. The Morgan fingerprint density at radius 2 is 1.89 bits per heavy atom. The van der Waals surface area contributed by atoms with Gasteiger partial charge in [-0.2, -0.15) is 0 Å². The zero-order valence-electron chi connectivity index (χ0n) is 11.2. The third-order valence-corrected chi connectivity index (χ3v) is 5.68. The van der Waals surface area contributed by atoms with Crippen LogP contribution in [0.2, 0.25) is 0 Å². The van der Waals surface area contributed by atoms with Crippen LogP contribution in [0.4, 0.5) is 0 Å². The summed E-state index contributed by atoms with van der Waals surface area (Å²) >= 11 is 3.73. The Balaban J connectivity index is 1.72. The third kappa shape index (κ3) is 3.92. The smallest absolute Gasteiger partial charge is 0.0701 e.